The molecule has 1 aromatic carbocycles. The fourth-order valence-corrected chi connectivity index (χ4v) is 3.39. The zero-order valence-electron chi connectivity index (χ0n) is 14.5. The molecule has 1 atom stereocenters. The Morgan fingerprint density at radius 2 is 2.04 bits per heavy atom. The van der Waals surface area contributed by atoms with Crippen LogP contribution in [0, 0.1) is 6.92 Å². The average Bonchev–Trinajstić information content (AvgIpc) is 3.02. The Hall–Kier alpha value is -2.83. The number of rotatable bonds is 4. The third kappa shape index (κ3) is 3.09. The molecule has 1 N–H and O–H groups in total. The van der Waals surface area contributed by atoms with Gasteiger partial charge in [-0.3, -0.25) is 0 Å². The Balaban J connectivity index is 1.51. The molecule has 3 heterocycles. The molecule has 0 unspecified atom stereocenters. The van der Waals surface area contributed by atoms with Crippen molar-refractivity contribution in [3.05, 3.63) is 42.2 Å². The minimum Gasteiger partial charge on any atom is -0.495 e. The monoisotopic (exact) mass is 338 g/mol. The number of benzene rings is 1. The fourth-order valence-electron chi connectivity index (χ4n) is 3.39. The van der Waals surface area contributed by atoms with E-state index >= 15 is 0 Å². The molecule has 0 radical (unpaired) electrons. The van der Waals surface area contributed by atoms with Gasteiger partial charge < -0.3 is 15.0 Å². The Kier molecular flexibility index (Phi) is 4.13. The Morgan fingerprint density at radius 3 is 2.92 bits per heavy atom. The van der Waals surface area contributed by atoms with Crippen LogP contribution in [-0.4, -0.2) is 46.1 Å². The number of nitrogens with one attached hydrogen (secondary N) is 1. The molecule has 1 aliphatic rings. The van der Waals surface area contributed by atoms with Crippen molar-refractivity contribution >= 4 is 17.2 Å². The minimum absolute atomic E-state index is 0.334. The highest BCUT2D eigenvalue weighted by Crippen LogP contribution is 2.30. The van der Waals surface area contributed by atoms with Crippen LogP contribution < -0.4 is 15.0 Å². The molecule has 0 spiro atoms. The minimum atomic E-state index is 0.334. The summed E-state index contributed by atoms with van der Waals surface area (Å²) in [6.07, 6.45) is 2.25. The summed E-state index contributed by atoms with van der Waals surface area (Å²) in [5.41, 5.74) is 1.91. The molecule has 7 nitrogen and oxygen atoms in total. The van der Waals surface area contributed by atoms with E-state index in [-0.39, 0.29) is 0 Å². The zero-order chi connectivity index (χ0) is 17.2. The number of aryl methyl sites for hydroxylation is 1. The van der Waals surface area contributed by atoms with E-state index in [0.29, 0.717) is 6.04 Å². The highest BCUT2D eigenvalue weighted by atomic mass is 16.5. The van der Waals surface area contributed by atoms with Gasteiger partial charge in [-0.2, -0.15) is 4.52 Å². The van der Waals surface area contributed by atoms with Gasteiger partial charge in [-0.15, -0.1) is 15.3 Å². The number of aromatic nitrogens is 4. The molecule has 1 aliphatic heterocycles. The number of hydrogen-bond acceptors (Lipinski definition) is 6. The summed E-state index contributed by atoms with van der Waals surface area (Å²) in [6, 6.07) is 12.4. The summed E-state index contributed by atoms with van der Waals surface area (Å²) < 4.78 is 7.28. The molecule has 1 saturated heterocycles. The van der Waals surface area contributed by atoms with E-state index in [1.54, 1.807) is 11.6 Å². The van der Waals surface area contributed by atoms with Gasteiger partial charge in [-0.1, -0.05) is 12.1 Å². The lowest BCUT2D eigenvalue weighted by atomic mass is 10.0. The second-order valence-electron chi connectivity index (χ2n) is 6.34. The Labute approximate surface area is 146 Å². The summed E-state index contributed by atoms with van der Waals surface area (Å²) in [4.78, 5) is 2.38. The molecule has 4 rings (SSSR count). The summed E-state index contributed by atoms with van der Waals surface area (Å²) >= 11 is 0. The highest BCUT2D eigenvalue weighted by molar-refractivity contribution is 5.59. The molecule has 7 heteroatoms. The van der Waals surface area contributed by atoms with E-state index in [1.165, 1.54) is 0 Å². The second-order valence-corrected chi connectivity index (χ2v) is 6.34. The molecule has 2 aromatic heterocycles. The van der Waals surface area contributed by atoms with Crippen LogP contribution in [-0.2, 0) is 0 Å². The number of para-hydroxylation sites is 2. The molecule has 25 heavy (non-hydrogen) atoms. The van der Waals surface area contributed by atoms with E-state index < -0.39 is 0 Å². The van der Waals surface area contributed by atoms with E-state index in [4.69, 9.17) is 4.74 Å². The standard InChI is InChI=1S/C18H22N6O/c1-13-20-21-18-10-9-17(22-24(13)18)19-14-6-5-11-23(12-14)15-7-3-4-8-16(15)25-2/h3-4,7-10,14H,5-6,11-12H2,1-2H3,(H,19,22)/t14-/m0/s1. The first-order valence-corrected chi connectivity index (χ1v) is 8.58. The lowest BCUT2D eigenvalue weighted by molar-refractivity contribution is 0.411. The van der Waals surface area contributed by atoms with Crippen LogP contribution in [0.1, 0.15) is 18.7 Å². The van der Waals surface area contributed by atoms with Crippen molar-refractivity contribution in [2.24, 2.45) is 0 Å². The number of nitrogens with zero attached hydrogens (tertiary/aromatic N) is 5. The van der Waals surface area contributed by atoms with Gasteiger partial charge in [0, 0.05) is 19.1 Å². The maximum absolute atomic E-state index is 5.51. The molecule has 3 aromatic rings. The second kappa shape index (κ2) is 6.58. The Morgan fingerprint density at radius 1 is 1.16 bits per heavy atom. The van der Waals surface area contributed by atoms with Gasteiger partial charge >= 0.3 is 0 Å². The molecule has 0 saturated carbocycles. The van der Waals surface area contributed by atoms with Crippen molar-refractivity contribution < 1.29 is 4.74 Å². The number of anilines is 2. The quantitative estimate of drug-likeness (QED) is 0.788. The maximum Gasteiger partial charge on any atom is 0.178 e. The van der Waals surface area contributed by atoms with E-state index in [1.807, 2.05) is 31.2 Å². The van der Waals surface area contributed by atoms with Crippen LogP contribution in [0.3, 0.4) is 0 Å². The lowest BCUT2D eigenvalue weighted by Gasteiger charge is -2.35. The maximum atomic E-state index is 5.51. The van der Waals surface area contributed by atoms with Crippen molar-refractivity contribution in [2.75, 3.05) is 30.4 Å². The fraction of sp³-hybridized carbons (Fsp3) is 0.389. The van der Waals surface area contributed by atoms with Gasteiger partial charge in [0.2, 0.25) is 0 Å². The van der Waals surface area contributed by atoms with E-state index in [2.05, 4.69) is 37.6 Å². The van der Waals surface area contributed by atoms with Crippen molar-refractivity contribution in [1.82, 2.24) is 19.8 Å². The van der Waals surface area contributed by atoms with Crippen molar-refractivity contribution in [3.8, 4) is 5.75 Å². The first kappa shape index (κ1) is 15.7. The topological polar surface area (TPSA) is 67.6 Å². The largest absolute Gasteiger partial charge is 0.495 e. The number of fused-ring (bicyclic) bond motifs is 1. The molecule has 1 fully saturated rings. The number of hydrogen-bond donors (Lipinski definition) is 1. The van der Waals surface area contributed by atoms with Gasteiger partial charge in [0.1, 0.15) is 11.6 Å². The predicted molar refractivity (Wildman–Crippen MR) is 97.4 cm³/mol. The normalized spacial score (nSPS) is 17.7. The number of methoxy groups -OCH3 is 1. The molecule has 0 amide bonds. The van der Waals surface area contributed by atoms with Crippen LogP contribution >= 0.6 is 0 Å². The summed E-state index contributed by atoms with van der Waals surface area (Å²) in [7, 11) is 1.72. The summed E-state index contributed by atoms with van der Waals surface area (Å²) in [6.45, 7) is 3.86. The van der Waals surface area contributed by atoms with E-state index in [0.717, 1.165) is 54.7 Å². The van der Waals surface area contributed by atoms with Gasteiger partial charge in [0.25, 0.3) is 0 Å². The van der Waals surface area contributed by atoms with Crippen LogP contribution in [0.15, 0.2) is 36.4 Å². The van der Waals surface area contributed by atoms with Crippen LogP contribution in [0.5, 0.6) is 5.75 Å². The Bertz CT molecular complexity index is 877. The van der Waals surface area contributed by atoms with Crippen LogP contribution in [0.25, 0.3) is 5.65 Å². The van der Waals surface area contributed by atoms with Gasteiger partial charge in [-0.05, 0) is 44.0 Å². The third-order valence-corrected chi connectivity index (χ3v) is 4.62. The van der Waals surface area contributed by atoms with Gasteiger partial charge in [-0.25, -0.2) is 0 Å². The first-order chi connectivity index (χ1) is 12.2. The van der Waals surface area contributed by atoms with Crippen molar-refractivity contribution in [3.63, 3.8) is 0 Å². The highest BCUT2D eigenvalue weighted by Gasteiger charge is 2.22. The summed E-state index contributed by atoms with van der Waals surface area (Å²) in [5, 5.41) is 16.3. The van der Waals surface area contributed by atoms with E-state index in [9.17, 15) is 0 Å². The van der Waals surface area contributed by atoms with Crippen LogP contribution in [0.4, 0.5) is 11.5 Å². The predicted octanol–water partition coefficient (Wildman–Crippen LogP) is 2.52. The van der Waals surface area contributed by atoms with Gasteiger partial charge in [0.05, 0.1) is 12.8 Å². The lowest BCUT2D eigenvalue weighted by Crippen LogP contribution is -2.42. The van der Waals surface area contributed by atoms with Crippen LogP contribution in [0.2, 0.25) is 0 Å². The smallest absolute Gasteiger partial charge is 0.178 e. The van der Waals surface area contributed by atoms with Gasteiger partial charge in [0.15, 0.2) is 11.5 Å². The number of piperidine rings is 1. The molecular weight excluding hydrogens is 316 g/mol. The van der Waals surface area contributed by atoms with Crippen molar-refractivity contribution in [2.45, 2.75) is 25.8 Å². The zero-order valence-corrected chi connectivity index (χ0v) is 14.5. The molecule has 0 bridgehead atoms. The van der Waals surface area contributed by atoms with Crippen molar-refractivity contribution in [1.29, 1.82) is 0 Å². The molecular formula is C18H22N6O. The third-order valence-electron chi connectivity index (χ3n) is 4.62. The number of ether oxygens (including phenoxy) is 1. The SMILES string of the molecule is COc1ccccc1N1CCC[C@H](Nc2ccc3nnc(C)n3n2)C1. The first-order valence-electron chi connectivity index (χ1n) is 8.58. The summed E-state index contributed by atoms with van der Waals surface area (Å²) in [5.74, 6) is 2.56. The molecule has 130 valence electrons. The molecule has 0 aliphatic carbocycles. The average molecular weight is 338 g/mol.